The van der Waals surface area contributed by atoms with E-state index in [1.165, 1.54) is 36.2 Å². The molecule has 0 spiro atoms. The minimum absolute atomic E-state index is 0.589. The number of nitrogens with zero attached hydrogens (tertiary/aromatic N) is 1. The van der Waals surface area contributed by atoms with Crippen LogP contribution in [0.2, 0.25) is 0 Å². The van der Waals surface area contributed by atoms with Crippen LogP contribution in [0.25, 0.3) is 0 Å². The average molecular weight is 288 g/mol. The standard InChI is InChI=1S/C19H32N2/c1-14(2)12-20-13-16(4)17(5)21-10-6-7-18-11-15(3)8-9-19(18)21/h8-9,11,14,16-17,20H,6-7,10,12-13H2,1-5H3. The number of nitrogens with one attached hydrogen (secondary N) is 1. The van der Waals surface area contributed by atoms with Crippen molar-refractivity contribution < 1.29 is 0 Å². The molecule has 2 unspecified atom stereocenters. The van der Waals surface area contributed by atoms with Gasteiger partial charge in [0.2, 0.25) is 0 Å². The zero-order valence-corrected chi connectivity index (χ0v) is 14.4. The molecule has 0 saturated heterocycles. The molecule has 0 aliphatic carbocycles. The highest BCUT2D eigenvalue weighted by Crippen LogP contribution is 2.31. The minimum Gasteiger partial charge on any atom is -0.368 e. The second kappa shape index (κ2) is 7.31. The Hall–Kier alpha value is -1.02. The van der Waals surface area contributed by atoms with E-state index in [0.29, 0.717) is 12.0 Å². The number of rotatable bonds is 6. The molecule has 0 aromatic heterocycles. The van der Waals surface area contributed by atoms with Crippen molar-refractivity contribution in [3.05, 3.63) is 29.3 Å². The van der Waals surface area contributed by atoms with Crippen LogP contribution in [0.1, 0.15) is 45.2 Å². The lowest BCUT2D eigenvalue weighted by Gasteiger charge is -2.39. The Balaban J connectivity index is 2.01. The van der Waals surface area contributed by atoms with Crippen LogP contribution >= 0.6 is 0 Å². The Morgan fingerprint density at radius 3 is 2.62 bits per heavy atom. The summed E-state index contributed by atoms with van der Waals surface area (Å²) in [5, 5.41) is 3.61. The quantitative estimate of drug-likeness (QED) is 0.850. The van der Waals surface area contributed by atoms with Gasteiger partial charge in [-0.3, -0.25) is 0 Å². The Morgan fingerprint density at radius 1 is 1.14 bits per heavy atom. The fraction of sp³-hybridized carbons (Fsp3) is 0.684. The molecular weight excluding hydrogens is 256 g/mol. The van der Waals surface area contributed by atoms with E-state index in [2.05, 4.69) is 63.0 Å². The van der Waals surface area contributed by atoms with Gasteiger partial charge in [-0.2, -0.15) is 0 Å². The van der Waals surface area contributed by atoms with Gasteiger partial charge in [-0.25, -0.2) is 0 Å². The summed E-state index contributed by atoms with van der Waals surface area (Å²) >= 11 is 0. The van der Waals surface area contributed by atoms with Gasteiger partial charge in [0.25, 0.3) is 0 Å². The maximum Gasteiger partial charge on any atom is 0.0401 e. The van der Waals surface area contributed by atoms with E-state index in [4.69, 9.17) is 0 Å². The van der Waals surface area contributed by atoms with Crippen LogP contribution in [0, 0.1) is 18.8 Å². The Kier molecular flexibility index (Phi) is 5.69. The summed E-state index contributed by atoms with van der Waals surface area (Å²) in [6.07, 6.45) is 2.52. The highest BCUT2D eigenvalue weighted by molar-refractivity contribution is 5.57. The maximum atomic E-state index is 3.61. The lowest BCUT2D eigenvalue weighted by atomic mass is 9.94. The van der Waals surface area contributed by atoms with Gasteiger partial charge in [0.05, 0.1) is 0 Å². The highest BCUT2D eigenvalue weighted by Gasteiger charge is 2.24. The van der Waals surface area contributed by atoms with Crippen molar-refractivity contribution in [2.45, 2.75) is 53.5 Å². The van der Waals surface area contributed by atoms with Crippen LogP contribution in [0.15, 0.2) is 18.2 Å². The first-order chi connectivity index (χ1) is 9.99. The van der Waals surface area contributed by atoms with Crippen LogP contribution in [0.3, 0.4) is 0 Å². The fourth-order valence-corrected chi connectivity index (χ4v) is 3.26. The zero-order valence-electron chi connectivity index (χ0n) is 14.4. The Morgan fingerprint density at radius 2 is 1.90 bits per heavy atom. The van der Waals surface area contributed by atoms with Crippen molar-refractivity contribution in [1.29, 1.82) is 0 Å². The summed E-state index contributed by atoms with van der Waals surface area (Å²) in [5.74, 6) is 1.39. The van der Waals surface area contributed by atoms with E-state index in [0.717, 1.165) is 19.0 Å². The first-order valence-electron chi connectivity index (χ1n) is 8.56. The molecule has 0 amide bonds. The molecule has 1 aliphatic rings. The molecule has 2 nitrogen and oxygen atoms in total. The zero-order chi connectivity index (χ0) is 15.4. The van der Waals surface area contributed by atoms with Crippen LogP contribution in [0.4, 0.5) is 5.69 Å². The molecule has 0 radical (unpaired) electrons. The lowest BCUT2D eigenvalue weighted by Crippen LogP contribution is -2.44. The normalized spacial score (nSPS) is 17.7. The monoisotopic (exact) mass is 288 g/mol. The van der Waals surface area contributed by atoms with E-state index in [1.807, 2.05) is 0 Å². The molecule has 118 valence electrons. The molecule has 21 heavy (non-hydrogen) atoms. The van der Waals surface area contributed by atoms with E-state index in [-0.39, 0.29) is 0 Å². The summed E-state index contributed by atoms with van der Waals surface area (Å²) in [7, 11) is 0. The number of fused-ring (bicyclic) bond motifs is 1. The van der Waals surface area contributed by atoms with Crippen molar-refractivity contribution >= 4 is 5.69 Å². The van der Waals surface area contributed by atoms with E-state index >= 15 is 0 Å². The van der Waals surface area contributed by atoms with Gasteiger partial charge in [0.15, 0.2) is 0 Å². The maximum absolute atomic E-state index is 3.61. The van der Waals surface area contributed by atoms with Gasteiger partial charge in [-0.05, 0) is 63.2 Å². The second-order valence-corrected chi connectivity index (χ2v) is 7.20. The van der Waals surface area contributed by atoms with Crippen LogP contribution in [-0.4, -0.2) is 25.7 Å². The predicted octanol–water partition coefficient (Wildman–Crippen LogP) is 4.02. The SMILES string of the molecule is Cc1ccc2c(c1)CCCN2C(C)C(C)CNCC(C)C. The van der Waals surface area contributed by atoms with Crippen molar-refractivity contribution in [3.63, 3.8) is 0 Å². The number of benzene rings is 1. The highest BCUT2D eigenvalue weighted by atomic mass is 15.2. The summed E-state index contributed by atoms with van der Waals surface area (Å²) in [5.41, 5.74) is 4.39. The molecule has 0 fully saturated rings. The molecule has 2 atom stereocenters. The average Bonchev–Trinajstić information content (AvgIpc) is 2.45. The molecule has 1 aliphatic heterocycles. The molecule has 2 heteroatoms. The Labute approximate surface area is 130 Å². The van der Waals surface area contributed by atoms with Crippen molar-refractivity contribution in [2.75, 3.05) is 24.5 Å². The largest absolute Gasteiger partial charge is 0.368 e. The number of anilines is 1. The van der Waals surface area contributed by atoms with Crippen LogP contribution in [0.5, 0.6) is 0 Å². The summed E-state index contributed by atoms with van der Waals surface area (Å²) in [4.78, 5) is 2.62. The predicted molar refractivity (Wildman–Crippen MR) is 93.2 cm³/mol. The molecule has 1 aromatic carbocycles. The lowest BCUT2D eigenvalue weighted by molar-refractivity contribution is 0.402. The molecule has 1 aromatic rings. The van der Waals surface area contributed by atoms with Gasteiger partial charge in [-0.15, -0.1) is 0 Å². The fourth-order valence-electron chi connectivity index (χ4n) is 3.26. The number of hydrogen-bond donors (Lipinski definition) is 1. The van der Waals surface area contributed by atoms with Gasteiger partial charge >= 0.3 is 0 Å². The third kappa shape index (κ3) is 4.23. The molecule has 1 N–H and O–H groups in total. The topological polar surface area (TPSA) is 15.3 Å². The van der Waals surface area contributed by atoms with Crippen molar-refractivity contribution in [2.24, 2.45) is 11.8 Å². The summed E-state index contributed by atoms with van der Waals surface area (Å²) in [6.45, 7) is 14.9. The van der Waals surface area contributed by atoms with Gasteiger partial charge in [-0.1, -0.05) is 38.5 Å². The van der Waals surface area contributed by atoms with Gasteiger partial charge in [0, 0.05) is 18.3 Å². The van der Waals surface area contributed by atoms with Crippen molar-refractivity contribution in [1.82, 2.24) is 5.32 Å². The molecule has 2 rings (SSSR count). The molecule has 0 saturated carbocycles. The Bertz CT molecular complexity index is 453. The van der Waals surface area contributed by atoms with E-state index in [9.17, 15) is 0 Å². The summed E-state index contributed by atoms with van der Waals surface area (Å²) in [6, 6.07) is 7.54. The van der Waals surface area contributed by atoms with Crippen LogP contribution in [-0.2, 0) is 6.42 Å². The first-order valence-corrected chi connectivity index (χ1v) is 8.56. The van der Waals surface area contributed by atoms with Gasteiger partial charge < -0.3 is 10.2 Å². The molecule has 1 heterocycles. The number of hydrogen-bond acceptors (Lipinski definition) is 2. The summed E-state index contributed by atoms with van der Waals surface area (Å²) < 4.78 is 0. The van der Waals surface area contributed by atoms with E-state index < -0.39 is 0 Å². The smallest absolute Gasteiger partial charge is 0.0401 e. The molecular formula is C19H32N2. The third-order valence-corrected chi connectivity index (χ3v) is 4.72. The number of aryl methyl sites for hydroxylation is 2. The van der Waals surface area contributed by atoms with Gasteiger partial charge in [0.1, 0.15) is 0 Å². The minimum atomic E-state index is 0.589. The van der Waals surface area contributed by atoms with Crippen LogP contribution < -0.4 is 10.2 Å². The first kappa shape index (κ1) is 16.4. The molecule has 0 bridgehead atoms. The van der Waals surface area contributed by atoms with E-state index in [1.54, 1.807) is 0 Å². The van der Waals surface area contributed by atoms with Crippen molar-refractivity contribution in [3.8, 4) is 0 Å². The third-order valence-electron chi connectivity index (χ3n) is 4.72. The second-order valence-electron chi connectivity index (χ2n) is 7.20.